The summed E-state index contributed by atoms with van der Waals surface area (Å²) < 4.78 is 27.6. The van der Waals surface area contributed by atoms with E-state index in [1.54, 1.807) is 17.8 Å². The van der Waals surface area contributed by atoms with Crippen molar-refractivity contribution >= 4 is 33.3 Å². The molecule has 0 aromatic heterocycles. The van der Waals surface area contributed by atoms with Crippen LogP contribution in [0.15, 0.2) is 52.3 Å². The smallest absolute Gasteiger partial charge is 0.264 e. The van der Waals surface area contributed by atoms with Crippen LogP contribution in [0.25, 0.3) is 0 Å². The summed E-state index contributed by atoms with van der Waals surface area (Å²) in [6.45, 7) is 1.94. The Balaban J connectivity index is 2.05. The van der Waals surface area contributed by atoms with Crippen LogP contribution in [0.2, 0.25) is 0 Å². The van der Waals surface area contributed by atoms with Crippen LogP contribution in [-0.2, 0) is 14.3 Å². The van der Waals surface area contributed by atoms with Crippen LogP contribution in [-0.4, -0.2) is 27.3 Å². The zero-order valence-corrected chi connectivity index (χ0v) is 14.9. The first-order valence-electron chi connectivity index (χ1n) is 7.34. The van der Waals surface area contributed by atoms with E-state index < -0.39 is 10.1 Å². The summed E-state index contributed by atoms with van der Waals surface area (Å²) >= 11 is 1.64. The molecule has 1 heterocycles. The predicted octanol–water partition coefficient (Wildman–Crippen LogP) is 3.53. The number of nitrogens with zero attached hydrogens (tertiary/aromatic N) is 2. The molecule has 2 aromatic carbocycles. The Hall–Kier alpha value is -2.01. The number of hydrogen-bond acceptors (Lipinski definition) is 6. The number of nitriles is 1. The zero-order valence-electron chi connectivity index (χ0n) is 13.3. The number of hydrogen-bond donors (Lipinski definition) is 0. The molecule has 1 aliphatic rings. The van der Waals surface area contributed by atoms with Crippen molar-refractivity contribution in [2.45, 2.75) is 22.8 Å². The molecule has 0 spiro atoms. The van der Waals surface area contributed by atoms with Crippen LogP contribution in [0.3, 0.4) is 0 Å². The van der Waals surface area contributed by atoms with Crippen LogP contribution in [0.5, 0.6) is 0 Å². The summed E-state index contributed by atoms with van der Waals surface area (Å²) in [6, 6.07) is 15.4. The number of para-hydroxylation sites is 1. The van der Waals surface area contributed by atoms with E-state index in [9.17, 15) is 13.7 Å². The fourth-order valence-electron chi connectivity index (χ4n) is 2.62. The molecule has 0 N–H and O–H groups in total. The second-order valence-electron chi connectivity index (χ2n) is 5.57. The number of rotatable bonds is 4. The molecule has 0 fully saturated rings. The maximum atomic E-state index is 11.3. The van der Waals surface area contributed by atoms with Crippen molar-refractivity contribution in [2.24, 2.45) is 0 Å². The molecule has 5 nitrogen and oxygen atoms in total. The molecular weight excluding hydrogens is 344 g/mol. The monoisotopic (exact) mass is 360 g/mol. The third kappa shape index (κ3) is 3.41. The first-order valence-corrected chi connectivity index (χ1v) is 9.97. The van der Waals surface area contributed by atoms with E-state index in [-0.39, 0.29) is 12.6 Å². The maximum absolute atomic E-state index is 11.3. The Bertz CT molecular complexity index is 920. The average Bonchev–Trinajstić information content (AvgIpc) is 2.56. The van der Waals surface area contributed by atoms with Gasteiger partial charge in [-0.05, 0) is 37.3 Å². The lowest BCUT2D eigenvalue weighted by molar-refractivity contribution is 0.300. The largest absolute Gasteiger partial charge is 0.334 e. The summed E-state index contributed by atoms with van der Waals surface area (Å²) in [4.78, 5) is 4.15. The molecule has 3 rings (SSSR count). The van der Waals surface area contributed by atoms with Gasteiger partial charge in [-0.2, -0.15) is 13.7 Å². The van der Waals surface area contributed by atoms with Crippen molar-refractivity contribution in [3.8, 4) is 6.07 Å². The summed E-state index contributed by atoms with van der Waals surface area (Å²) in [6.07, 6.45) is 1.04. The second kappa shape index (κ2) is 6.48. The van der Waals surface area contributed by atoms with E-state index in [1.165, 1.54) is 0 Å². The van der Waals surface area contributed by atoms with Gasteiger partial charge < -0.3 is 4.90 Å². The summed E-state index contributed by atoms with van der Waals surface area (Å²) in [5.41, 5.74) is 2.44. The zero-order chi connectivity index (χ0) is 17.3. The fourth-order valence-corrected chi connectivity index (χ4v) is 4.12. The van der Waals surface area contributed by atoms with Crippen LogP contribution >= 0.6 is 11.8 Å². The SMILES string of the molecule is C[C@H](COS(C)(=O)=O)N1c2ccccc2Sc2ccc(C#N)cc21. The molecule has 0 bridgehead atoms. The van der Waals surface area contributed by atoms with Gasteiger partial charge in [0.1, 0.15) is 0 Å². The van der Waals surface area contributed by atoms with Gasteiger partial charge in [-0.15, -0.1) is 0 Å². The first kappa shape index (κ1) is 16.8. The standard InChI is InChI=1S/C17H16N2O3S2/c1-12(11-22-24(2,20)21)19-14-5-3-4-6-16(14)23-17-8-7-13(10-18)9-15(17)19/h3-9,12H,11H2,1-2H3/t12-/m1/s1. The van der Waals surface area contributed by atoms with Crippen molar-refractivity contribution in [1.82, 2.24) is 0 Å². The third-order valence-corrected chi connectivity index (χ3v) is 5.35. The van der Waals surface area contributed by atoms with Crippen LogP contribution in [0.4, 0.5) is 11.4 Å². The van der Waals surface area contributed by atoms with Gasteiger partial charge in [0.05, 0.1) is 41.9 Å². The van der Waals surface area contributed by atoms with Gasteiger partial charge in [0.2, 0.25) is 0 Å². The second-order valence-corrected chi connectivity index (χ2v) is 8.30. The van der Waals surface area contributed by atoms with E-state index in [0.717, 1.165) is 27.4 Å². The van der Waals surface area contributed by atoms with Gasteiger partial charge in [0.25, 0.3) is 10.1 Å². The molecule has 0 amide bonds. The molecule has 0 aliphatic carbocycles. The minimum Gasteiger partial charge on any atom is -0.334 e. The van der Waals surface area contributed by atoms with E-state index >= 15 is 0 Å². The molecular formula is C17H16N2O3S2. The summed E-state index contributed by atoms with van der Waals surface area (Å²) in [5.74, 6) is 0. The molecule has 0 saturated heterocycles. The lowest BCUT2D eigenvalue weighted by atomic mass is 10.1. The molecule has 1 aliphatic heterocycles. The minimum atomic E-state index is -3.51. The fraction of sp³-hybridized carbons (Fsp3) is 0.235. The average molecular weight is 360 g/mol. The molecule has 0 unspecified atom stereocenters. The Morgan fingerprint density at radius 3 is 2.62 bits per heavy atom. The van der Waals surface area contributed by atoms with Crippen molar-refractivity contribution in [1.29, 1.82) is 5.26 Å². The Labute approximate surface area is 146 Å². The molecule has 1 atom stereocenters. The van der Waals surface area contributed by atoms with E-state index in [4.69, 9.17) is 4.18 Å². The van der Waals surface area contributed by atoms with Crippen molar-refractivity contribution in [3.05, 3.63) is 48.0 Å². The van der Waals surface area contributed by atoms with Crippen LogP contribution < -0.4 is 4.90 Å². The van der Waals surface area contributed by atoms with Crippen molar-refractivity contribution < 1.29 is 12.6 Å². The number of anilines is 2. The third-order valence-electron chi connectivity index (χ3n) is 3.66. The van der Waals surface area contributed by atoms with Gasteiger partial charge in [-0.3, -0.25) is 4.18 Å². The topological polar surface area (TPSA) is 70.4 Å². The van der Waals surface area contributed by atoms with Gasteiger partial charge in [0, 0.05) is 9.79 Å². The highest BCUT2D eigenvalue weighted by atomic mass is 32.2. The highest BCUT2D eigenvalue weighted by molar-refractivity contribution is 7.99. The van der Waals surface area contributed by atoms with Gasteiger partial charge in [-0.25, -0.2) is 0 Å². The predicted molar refractivity (Wildman–Crippen MR) is 94.1 cm³/mol. The van der Waals surface area contributed by atoms with E-state index in [1.807, 2.05) is 48.2 Å². The Kier molecular flexibility index (Phi) is 4.54. The highest BCUT2D eigenvalue weighted by Crippen LogP contribution is 2.49. The number of benzene rings is 2. The van der Waals surface area contributed by atoms with Crippen molar-refractivity contribution in [3.63, 3.8) is 0 Å². The number of fused-ring (bicyclic) bond motifs is 2. The lowest BCUT2D eigenvalue weighted by Gasteiger charge is -2.37. The minimum absolute atomic E-state index is 0.0358. The lowest BCUT2D eigenvalue weighted by Crippen LogP contribution is -2.35. The van der Waals surface area contributed by atoms with E-state index in [0.29, 0.717) is 5.56 Å². The molecule has 2 aromatic rings. The Morgan fingerprint density at radius 1 is 1.21 bits per heavy atom. The van der Waals surface area contributed by atoms with Gasteiger partial charge in [-0.1, -0.05) is 23.9 Å². The molecule has 24 heavy (non-hydrogen) atoms. The quantitative estimate of drug-likeness (QED) is 0.777. The van der Waals surface area contributed by atoms with E-state index in [2.05, 4.69) is 6.07 Å². The van der Waals surface area contributed by atoms with Crippen molar-refractivity contribution in [2.75, 3.05) is 17.8 Å². The van der Waals surface area contributed by atoms with Gasteiger partial charge in [0.15, 0.2) is 0 Å². The molecule has 124 valence electrons. The normalized spacial score (nSPS) is 14.5. The molecule has 0 radical (unpaired) electrons. The van der Waals surface area contributed by atoms with Crippen LogP contribution in [0, 0.1) is 11.3 Å². The maximum Gasteiger partial charge on any atom is 0.264 e. The van der Waals surface area contributed by atoms with Crippen LogP contribution in [0.1, 0.15) is 12.5 Å². The molecule has 7 heteroatoms. The highest BCUT2D eigenvalue weighted by Gasteiger charge is 2.28. The Morgan fingerprint density at radius 2 is 1.92 bits per heavy atom. The molecule has 0 saturated carbocycles. The summed E-state index contributed by atoms with van der Waals surface area (Å²) in [5, 5.41) is 9.19. The van der Waals surface area contributed by atoms with Gasteiger partial charge >= 0.3 is 0 Å². The first-order chi connectivity index (χ1) is 11.4. The summed E-state index contributed by atoms with van der Waals surface area (Å²) in [7, 11) is -3.51.